The highest BCUT2D eigenvalue weighted by molar-refractivity contribution is 5.77. The Hall–Kier alpha value is -2.50. The average molecular weight is 275 g/mol. The minimum atomic E-state index is -0.405. The van der Waals surface area contributed by atoms with Crippen molar-refractivity contribution in [2.45, 2.75) is 13.5 Å². The van der Waals surface area contributed by atoms with Gasteiger partial charge in [0.15, 0.2) is 6.61 Å². The van der Waals surface area contributed by atoms with E-state index in [2.05, 4.69) is 15.5 Å². The van der Waals surface area contributed by atoms with Gasteiger partial charge in [-0.2, -0.15) is 10.2 Å². The molecule has 2 rings (SSSR count). The number of halogens is 1. The predicted molar refractivity (Wildman–Crippen MR) is 70.5 cm³/mol. The quantitative estimate of drug-likeness (QED) is 0.900. The van der Waals surface area contributed by atoms with Gasteiger partial charge >= 0.3 is 0 Å². The van der Waals surface area contributed by atoms with E-state index < -0.39 is 5.82 Å². The lowest BCUT2D eigenvalue weighted by Gasteiger charge is -2.07. The fourth-order valence-corrected chi connectivity index (χ4v) is 1.47. The first kappa shape index (κ1) is 13.9. The van der Waals surface area contributed by atoms with Crippen LogP contribution in [0.4, 0.5) is 4.39 Å². The standard InChI is InChI=1S/C14H14FN3O2/c1-10-5-6-12(18-17-10)8-16-14(19)9-20-13-4-2-3-11(15)7-13/h2-7H,8-9H2,1H3,(H,16,19). The van der Waals surface area contributed by atoms with E-state index in [1.54, 1.807) is 12.1 Å². The maximum absolute atomic E-state index is 12.9. The van der Waals surface area contributed by atoms with Gasteiger partial charge in [0.1, 0.15) is 11.6 Å². The van der Waals surface area contributed by atoms with E-state index in [9.17, 15) is 9.18 Å². The molecule has 1 heterocycles. The third kappa shape index (κ3) is 4.31. The number of hydrogen-bond acceptors (Lipinski definition) is 4. The third-order valence-electron chi connectivity index (χ3n) is 2.49. The molecule has 6 heteroatoms. The first-order valence-electron chi connectivity index (χ1n) is 6.08. The average Bonchev–Trinajstić information content (AvgIpc) is 2.45. The summed E-state index contributed by atoms with van der Waals surface area (Å²) in [5, 5.41) is 10.5. The molecule has 1 amide bonds. The molecule has 104 valence electrons. The van der Waals surface area contributed by atoms with Crippen molar-refractivity contribution in [2.24, 2.45) is 0 Å². The van der Waals surface area contributed by atoms with Crippen molar-refractivity contribution in [3.63, 3.8) is 0 Å². The van der Waals surface area contributed by atoms with E-state index >= 15 is 0 Å². The maximum atomic E-state index is 12.9. The number of nitrogens with one attached hydrogen (secondary N) is 1. The summed E-state index contributed by atoms with van der Waals surface area (Å²) in [4.78, 5) is 11.6. The molecule has 0 atom stereocenters. The van der Waals surface area contributed by atoms with Crippen molar-refractivity contribution in [3.8, 4) is 5.75 Å². The molecule has 0 saturated carbocycles. The second-order valence-electron chi connectivity index (χ2n) is 4.19. The van der Waals surface area contributed by atoms with Crippen LogP contribution in [0.5, 0.6) is 5.75 Å². The normalized spacial score (nSPS) is 10.1. The molecule has 0 bridgehead atoms. The molecule has 0 aliphatic rings. The lowest BCUT2D eigenvalue weighted by molar-refractivity contribution is -0.123. The number of ether oxygens (including phenoxy) is 1. The summed E-state index contributed by atoms with van der Waals surface area (Å²) in [5.74, 6) is -0.398. The molecule has 0 spiro atoms. The molecule has 1 N–H and O–H groups in total. The molecule has 20 heavy (non-hydrogen) atoms. The van der Waals surface area contributed by atoms with Crippen LogP contribution in [0.2, 0.25) is 0 Å². The second kappa shape index (κ2) is 6.60. The Kier molecular flexibility index (Phi) is 4.60. The van der Waals surface area contributed by atoms with Gasteiger partial charge in [0, 0.05) is 6.07 Å². The Bertz CT molecular complexity index is 587. The van der Waals surface area contributed by atoms with Gasteiger partial charge in [-0.1, -0.05) is 6.07 Å². The molecule has 5 nitrogen and oxygen atoms in total. The highest BCUT2D eigenvalue weighted by Gasteiger charge is 2.04. The maximum Gasteiger partial charge on any atom is 0.258 e. The summed E-state index contributed by atoms with van der Waals surface area (Å²) in [6.07, 6.45) is 0. The van der Waals surface area contributed by atoms with Crippen LogP contribution in [0.1, 0.15) is 11.4 Å². The molecule has 1 aromatic carbocycles. The summed E-state index contributed by atoms with van der Waals surface area (Å²) < 4.78 is 18.1. The molecule has 0 radical (unpaired) electrons. The minimum absolute atomic E-state index is 0.178. The molecule has 2 aromatic rings. The summed E-state index contributed by atoms with van der Waals surface area (Å²) in [6.45, 7) is 1.93. The summed E-state index contributed by atoms with van der Waals surface area (Å²) in [6, 6.07) is 9.24. The van der Waals surface area contributed by atoms with Gasteiger partial charge in [-0.25, -0.2) is 4.39 Å². The van der Waals surface area contributed by atoms with Crippen molar-refractivity contribution in [1.82, 2.24) is 15.5 Å². The topological polar surface area (TPSA) is 64.1 Å². The zero-order valence-corrected chi connectivity index (χ0v) is 11.0. The lowest BCUT2D eigenvalue weighted by Crippen LogP contribution is -2.28. The van der Waals surface area contributed by atoms with Crippen LogP contribution in [0.15, 0.2) is 36.4 Å². The van der Waals surface area contributed by atoms with Gasteiger partial charge in [0.2, 0.25) is 0 Å². The highest BCUT2D eigenvalue weighted by atomic mass is 19.1. The van der Waals surface area contributed by atoms with Crippen LogP contribution in [0, 0.1) is 12.7 Å². The van der Waals surface area contributed by atoms with Gasteiger partial charge in [0.05, 0.1) is 17.9 Å². The number of rotatable bonds is 5. The van der Waals surface area contributed by atoms with E-state index in [1.807, 2.05) is 13.0 Å². The molecule has 0 saturated heterocycles. The number of aromatic nitrogens is 2. The van der Waals surface area contributed by atoms with Crippen molar-refractivity contribution in [2.75, 3.05) is 6.61 Å². The fraction of sp³-hybridized carbons (Fsp3) is 0.214. The highest BCUT2D eigenvalue weighted by Crippen LogP contribution is 2.11. The van der Waals surface area contributed by atoms with Gasteiger partial charge in [0.25, 0.3) is 5.91 Å². The number of benzene rings is 1. The second-order valence-corrected chi connectivity index (χ2v) is 4.19. The van der Waals surface area contributed by atoms with Crippen LogP contribution < -0.4 is 10.1 Å². The van der Waals surface area contributed by atoms with Gasteiger partial charge in [-0.3, -0.25) is 4.79 Å². The molecule has 0 fully saturated rings. The minimum Gasteiger partial charge on any atom is -0.484 e. The first-order valence-corrected chi connectivity index (χ1v) is 6.08. The number of carbonyl (C=O) groups is 1. The van der Waals surface area contributed by atoms with Gasteiger partial charge in [-0.15, -0.1) is 0 Å². The Balaban J connectivity index is 1.77. The smallest absolute Gasteiger partial charge is 0.258 e. The SMILES string of the molecule is Cc1ccc(CNC(=O)COc2cccc(F)c2)nn1. The monoisotopic (exact) mass is 275 g/mol. The molecule has 1 aromatic heterocycles. The third-order valence-corrected chi connectivity index (χ3v) is 2.49. The van der Waals surface area contributed by atoms with E-state index in [-0.39, 0.29) is 19.1 Å². The zero-order chi connectivity index (χ0) is 14.4. The van der Waals surface area contributed by atoms with E-state index in [1.165, 1.54) is 18.2 Å². The van der Waals surface area contributed by atoms with Crippen LogP contribution >= 0.6 is 0 Å². The van der Waals surface area contributed by atoms with Crippen molar-refractivity contribution in [3.05, 3.63) is 53.6 Å². The van der Waals surface area contributed by atoms with Crippen molar-refractivity contribution < 1.29 is 13.9 Å². The van der Waals surface area contributed by atoms with E-state index in [4.69, 9.17) is 4.74 Å². The molecule has 0 aliphatic heterocycles. The number of aryl methyl sites for hydroxylation is 1. The largest absolute Gasteiger partial charge is 0.484 e. The first-order chi connectivity index (χ1) is 9.63. The number of nitrogens with zero attached hydrogens (tertiary/aromatic N) is 2. The van der Waals surface area contributed by atoms with Crippen molar-refractivity contribution in [1.29, 1.82) is 0 Å². The Labute approximate surface area is 115 Å². The van der Waals surface area contributed by atoms with Crippen LogP contribution in [-0.4, -0.2) is 22.7 Å². The molecule has 0 aliphatic carbocycles. The lowest BCUT2D eigenvalue weighted by atomic mass is 10.3. The zero-order valence-electron chi connectivity index (χ0n) is 11.0. The number of hydrogen-bond donors (Lipinski definition) is 1. The number of carbonyl (C=O) groups excluding carboxylic acids is 1. The van der Waals surface area contributed by atoms with E-state index in [0.29, 0.717) is 11.4 Å². The fourth-order valence-electron chi connectivity index (χ4n) is 1.47. The molecular weight excluding hydrogens is 261 g/mol. The number of amides is 1. The van der Waals surface area contributed by atoms with Crippen LogP contribution in [-0.2, 0) is 11.3 Å². The summed E-state index contributed by atoms with van der Waals surface area (Å²) >= 11 is 0. The van der Waals surface area contributed by atoms with Crippen molar-refractivity contribution >= 4 is 5.91 Å². The Morgan fingerprint density at radius 2 is 2.15 bits per heavy atom. The van der Waals surface area contributed by atoms with Gasteiger partial charge < -0.3 is 10.1 Å². The Morgan fingerprint density at radius 1 is 1.30 bits per heavy atom. The van der Waals surface area contributed by atoms with Gasteiger partial charge in [-0.05, 0) is 31.2 Å². The van der Waals surface area contributed by atoms with Crippen LogP contribution in [0.3, 0.4) is 0 Å². The molecular formula is C14H14FN3O2. The van der Waals surface area contributed by atoms with Crippen LogP contribution in [0.25, 0.3) is 0 Å². The van der Waals surface area contributed by atoms with E-state index in [0.717, 1.165) is 5.69 Å². The predicted octanol–water partition coefficient (Wildman–Crippen LogP) is 1.62. The summed E-state index contributed by atoms with van der Waals surface area (Å²) in [7, 11) is 0. The molecule has 0 unspecified atom stereocenters. The summed E-state index contributed by atoms with van der Waals surface area (Å²) in [5.41, 5.74) is 1.48. The Morgan fingerprint density at radius 3 is 2.85 bits per heavy atom.